The molecule has 6 rings (SSSR count). The van der Waals surface area contributed by atoms with E-state index in [2.05, 4.69) is 54.9 Å². The first-order valence-corrected chi connectivity index (χ1v) is 12.2. The maximum atomic E-state index is 13.0. The van der Waals surface area contributed by atoms with E-state index in [1.165, 1.54) is 11.1 Å². The summed E-state index contributed by atoms with van der Waals surface area (Å²) in [4.78, 5) is 35.6. The molecule has 0 saturated heterocycles. The molecule has 9 nitrogen and oxygen atoms in total. The van der Waals surface area contributed by atoms with E-state index in [1.807, 2.05) is 50.8 Å². The lowest BCUT2D eigenvalue weighted by Gasteiger charge is -2.30. The first kappa shape index (κ1) is 22.2. The Morgan fingerprint density at radius 3 is 2.56 bits per heavy atom. The molecule has 2 aliphatic carbocycles. The molecule has 0 aliphatic heterocycles. The van der Waals surface area contributed by atoms with Gasteiger partial charge in [0.25, 0.3) is 0 Å². The first-order valence-electron chi connectivity index (χ1n) is 12.2. The molecule has 3 heterocycles. The predicted octanol–water partition coefficient (Wildman–Crippen LogP) is 3.77. The zero-order valence-electron chi connectivity index (χ0n) is 20.2. The fourth-order valence-corrected chi connectivity index (χ4v) is 5.38. The number of carbonyl (C=O) groups is 1. The van der Waals surface area contributed by atoms with Gasteiger partial charge in [-0.25, -0.2) is 4.98 Å². The standard InChI is InChI=1S/C27H28N8O/c1-35(2)26(36)21-18-5-6-19(14-18)22(21)32-25-23-24(30-15-29-23)33-27(34-25)31-20-7-3-16(4-8-20)13-17-9-11-28-12-10-17/h3-12,15,18-19,21-22H,13-14H2,1-2H3,(H3,29,30,31,32,33,34). The van der Waals surface area contributed by atoms with Crippen molar-refractivity contribution in [2.45, 2.75) is 18.9 Å². The number of hydrogen-bond acceptors (Lipinski definition) is 7. The van der Waals surface area contributed by atoms with Crippen LogP contribution in [0.1, 0.15) is 17.5 Å². The molecule has 1 saturated carbocycles. The molecular formula is C27H28N8O. The van der Waals surface area contributed by atoms with Gasteiger partial charge in [0.1, 0.15) is 5.52 Å². The van der Waals surface area contributed by atoms with E-state index in [0.717, 1.165) is 24.0 Å². The highest BCUT2D eigenvalue weighted by Gasteiger charge is 2.49. The van der Waals surface area contributed by atoms with Crippen molar-refractivity contribution >= 4 is 34.5 Å². The lowest BCUT2D eigenvalue weighted by molar-refractivity contribution is -0.133. The number of aromatic nitrogens is 5. The average molecular weight is 481 g/mol. The number of imidazole rings is 1. The Balaban J connectivity index is 1.24. The number of pyridine rings is 1. The van der Waals surface area contributed by atoms with E-state index in [4.69, 9.17) is 4.98 Å². The third-order valence-corrected chi connectivity index (χ3v) is 7.14. The van der Waals surface area contributed by atoms with Gasteiger partial charge in [0, 0.05) is 38.2 Å². The van der Waals surface area contributed by atoms with Crippen LogP contribution in [0, 0.1) is 17.8 Å². The summed E-state index contributed by atoms with van der Waals surface area (Å²) in [5.74, 6) is 1.67. The van der Waals surface area contributed by atoms with E-state index in [1.54, 1.807) is 11.2 Å². The van der Waals surface area contributed by atoms with Gasteiger partial charge in [-0.05, 0) is 60.1 Å². The van der Waals surface area contributed by atoms with E-state index >= 15 is 0 Å². The topological polar surface area (TPSA) is 112 Å². The van der Waals surface area contributed by atoms with Crippen LogP contribution in [0.4, 0.5) is 17.5 Å². The molecule has 0 spiro atoms. The maximum absolute atomic E-state index is 13.0. The minimum absolute atomic E-state index is 0.0309. The molecule has 4 unspecified atom stereocenters. The van der Waals surface area contributed by atoms with Crippen molar-refractivity contribution in [2.75, 3.05) is 24.7 Å². The molecule has 1 amide bonds. The summed E-state index contributed by atoms with van der Waals surface area (Å²) in [6.45, 7) is 0. The molecule has 1 aromatic carbocycles. The molecule has 2 bridgehead atoms. The number of H-pyrrole nitrogens is 1. The Morgan fingerprint density at radius 1 is 1.03 bits per heavy atom. The summed E-state index contributed by atoms with van der Waals surface area (Å²) < 4.78 is 0. The van der Waals surface area contributed by atoms with Crippen LogP contribution in [0.2, 0.25) is 0 Å². The van der Waals surface area contributed by atoms with Crippen molar-refractivity contribution < 1.29 is 4.79 Å². The van der Waals surface area contributed by atoms with Gasteiger partial charge in [-0.1, -0.05) is 24.3 Å². The number of amides is 1. The Labute approximate surface area is 209 Å². The fraction of sp³-hybridized carbons (Fsp3) is 0.296. The van der Waals surface area contributed by atoms with E-state index in [0.29, 0.717) is 23.3 Å². The number of hydrogen-bond donors (Lipinski definition) is 3. The molecule has 3 N–H and O–H groups in total. The molecule has 9 heteroatoms. The van der Waals surface area contributed by atoms with Crippen LogP contribution in [0.3, 0.4) is 0 Å². The number of aromatic amines is 1. The van der Waals surface area contributed by atoms with Gasteiger partial charge in [-0.2, -0.15) is 9.97 Å². The van der Waals surface area contributed by atoms with Crippen LogP contribution >= 0.6 is 0 Å². The Bertz CT molecular complexity index is 1410. The largest absolute Gasteiger partial charge is 0.364 e. The Hall–Kier alpha value is -4.27. The zero-order valence-corrected chi connectivity index (χ0v) is 20.2. The second kappa shape index (κ2) is 9.07. The molecule has 4 atom stereocenters. The van der Waals surface area contributed by atoms with Gasteiger partial charge < -0.3 is 20.5 Å². The zero-order chi connectivity index (χ0) is 24.6. The fourth-order valence-electron chi connectivity index (χ4n) is 5.38. The van der Waals surface area contributed by atoms with Gasteiger partial charge in [0.2, 0.25) is 11.9 Å². The number of allylic oxidation sites excluding steroid dienone is 1. The first-order chi connectivity index (χ1) is 17.5. The van der Waals surface area contributed by atoms with Crippen molar-refractivity contribution in [3.05, 3.63) is 78.4 Å². The minimum atomic E-state index is -0.118. The second-order valence-electron chi connectivity index (χ2n) is 9.73. The van der Waals surface area contributed by atoms with Crippen molar-refractivity contribution in [1.82, 2.24) is 29.8 Å². The summed E-state index contributed by atoms with van der Waals surface area (Å²) in [5.41, 5.74) is 4.61. The Kier molecular flexibility index (Phi) is 5.59. The van der Waals surface area contributed by atoms with Crippen LogP contribution in [0.25, 0.3) is 11.2 Å². The van der Waals surface area contributed by atoms with Crippen molar-refractivity contribution in [3.8, 4) is 0 Å². The molecular weight excluding hydrogens is 452 g/mol. The lowest BCUT2D eigenvalue weighted by atomic mass is 9.87. The second-order valence-corrected chi connectivity index (χ2v) is 9.73. The van der Waals surface area contributed by atoms with E-state index in [-0.39, 0.29) is 23.8 Å². The van der Waals surface area contributed by atoms with E-state index < -0.39 is 0 Å². The maximum Gasteiger partial charge on any atom is 0.231 e. The summed E-state index contributed by atoms with van der Waals surface area (Å²) in [6.07, 6.45) is 11.5. The monoisotopic (exact) mass is 480 g/mol. The van der Waals surface area contributed by atoms with Crippen LogP contribution < -0.4 is 10.6 Å². The number of rotatable bonds is 7. The molecule has 3 aromatic heterocycles. The summed E-state index contributed by atoms with van der Waals surface area (Å²) >= 11 is 0. The number of nitrogens with one attached hydrogen (secondary N) is 3. The quantitative estimate of drug-likeness (QED) is 0.345. The summed E-state index contributed by atoms with van der Waals surface area (Å²) in [5, 5.41) is 6.90. The highest BCUT2D eigenvalue weighted by molar-refractivity contribution is 5.86. The van der Waals surface area contributed by atoms with Crippen LogP contribution in [-0.4, -0.2) is 55.9 Å². The molecule has 182 valence electrons. The molecule has 0 radical (unpaired) electrons. The van der Waals surface area contributed by atoms with Crippen LogP contribution in [-0.2, 0) is 11.2 Å². The third kappa shape index (κ3) is 4.17. The molecule has 2 aliphatic rings. The van der Waals surface area contributed by atoms with Crippen molar-refractivity contribution in [2.24, 2.45) is 17.8 Å². The highest BCUT2D eigenvalue weighted by Crippen LogP contribution is 2.45. The van der Waals surface area contributed by atoms with Gasteiger partial charge in [0.05, 0.1) is 12.2 Å². The summed E-state index contributed by atoms with van der Waals surface area (Å²) in [6, 6.07) is 12.2. The Morgan fingerprint density at radius 2 is 1.78 bits per heavy atom. The van der Waals surface area contributed by atoms with Gasteiger partial charge in [-0.3, -0.25) is 9.78 Å². The number of nitrogens with zero attached hydrogens (tertiary/aromatic N) is 5. The van der Waals surface area contributed by atoms with Gasteiger partial charge in [-0.15, -0.1) is 0 Å². The average Bonchev–Trinajstić information content (AvgIpc) is 3.62. The minimum Gasteiger partial charge on any atom is -0.364 e. The number of carbonyl (C=O) groups excluding carboxylic acids is 1. The van der Waals surface area contributed by atoms with Crippen LogP contribution in [0.5, 0.6) is 0 Å². The SMILES string of the molecule is CN(C)C(=O)C1C2C=CC(C2)C1Nc1nc(Nc2ccc(Cc3ccncc3)cc2)nc2nc[nH]c12. The van der Waals surface area contributed by atoms with Crippen molar-refractivity contribution in [1.29, 1.82) is 0 Å². The summed E-state index contributed by atoms with van der Waals surface area (Å²) in [7, 11) is 3.63. The number of benzene rings is 1. The molecule has 36 heavy (non-hydrogen) atoms. The van der Waals surface area contributed by atoms with Crippen molar-refractivity contribution in [3.63, 3.8) is 0 Å². The van der Waals surface area contributed by atoms with E-state index in [9.17, 15) is 4.79 Å². The molecule has 4 aromatic rings. The smallest absolute Gasteiger partial charge is 0.231 e. The number of anilines is 3. The lowest BCUT2D eigenvalue weighted by Crippen LogP contribution is -2.43. The predicted molar refractivity (Wildman–Crippen MR) is 139 cm³/mol. The number of fused-ring (bicyclic) bond motifs is 3. The normalized spacial score (nSPS) is 22.2. The highest BCUT2D eigenvalue weighted by atomic mass is 16.2. The van der Waals surface area contributed by atoms with Crippen LogP contribution in [0.15, 0.2) is 67.3 Å². The third-order valence-electron chi connectivity index (χ3n) is 7.14. The van der Waals surface area contributed by atoms with Gasteiger partial charge >= 0.3 is 0 Å². The molecule has 1 fully saturated rings. The van der Waals surface area contributed by atoms with Gasteiger partial charge in [0.15, 0.2) is 11.5 Å².